The molecule has 0 amide bonds. The maximum absolute atomic E-state index is 4.42. The van der Waals surface area contributed by atoms with Crippen molar-refractivity contribution in [3.8, 4) is 0 Å². The molecule has 1 aromatic rings. The molecule has 0 saturated carbocycles. The zero-order valence-electron chi connectivity index (χ0n) is 9.95. The van der Waals surface area contributed by atoms with Crippen LogP contribution in [0.15, 0.2) is 23.4 Å². The highest BCUT2D eigenvalue weighted by molar-refractivity contribution is 7.99. The van der Waals surface area contributed by atoms with Crippen molar-refractivity contribution in [3.63, 3.8) is 0 Å². The summed E-state index contributed by atoms with van der Waals surface area (Å²) in [6.45, 7) is 9.61. The van der Waals surface area contributed by atoms with Crippen LogP contribution < -0.4 is 5.32 Å². The first kappa shape index (κ1) is 12.5. The molecule has 0 aliphatic heterocycles. The third kappa shape index (κ3) is 4.67. The third-order valence-electron chi connectivity index (χ3n) is 1.90. The van der Waals surface area contributed by atoms with Gasteiger partial charge in [-0.25, -0.2) is 4.98 Å². The van der Waals surface area contributed by atoms with Crippen LogP contribution in [0.1, 0.15) is 33.3 Å². The Balaban J connectivity index is 2.68. The molecule has 2 nitrogen and oxygen atoms in total. The van der Waals surface area contributed by atoms with Gasteiger partial charge in [0.2, 0.25) is 0 Å². The van der Waals surface area contributed by atoms with Gasteiger partial charge in [-0.2, -0.15) is 0 Å². The van der Waals surface area contributed by atoms with Crippen LogP contribution >= 0.6 is 11.8 Å². The lowest BCUT2D eigenvalue weighted by Crippen LogP contribution is -2.22. The van der Waals surface area contributed by atoms with Crippen LogP contribution in [0, 0.1) is 0 Å². The molecule has 0 fully saturated rings. The van der Waals surface area contributed by atoms with Gasteiger partial charge in [-0.15, -0.1) is 11.8 Å². The number of nitrogens with zero attached hydrogens (tertiary/aromatic N) is 1. The lowest BCUT2D eigenvalue weighted by molar-refractivity contribution is 0.582. The van der Waals surface area contributed by atoms with Gasteiger partial charge in [0.05, 0.1) is 0 Å². The Morgan fingerprint density at radius 2 is 2.07 bits per heavy atom. The SMILES string of the molecule is CC(C)NCc1cccnc1SC(C)C. The number of hydrogen-bond donors (Lipinski definition) is 1. The van der Waals surface area contributed by atoms with Crippen molar-refractivity contribution >= 4 is 11.8 Å². The summed E-state index contributed by atoms with van der Waals surface area (Å²) in [4.78, 5) is 4.42. The van der Waals surface area contributed by atoms with Crippen LogP contribution in [0.3, 0.4) is 0 Å². The van der Waals surface area contributed by atoms with E-state index in [0.717, 1.165) is 11.6 Å². The largest absolute Gasteiger partial charge is 0.310 e. The normalized spacial score (nSPS) is 11.3. The third-order valence-corrected chi connectivity index (χ3v) is 2.96. The van der Waals surface area contributed by atoms with Gasteiger partial charge in [-0.1, -0.05) is 33.8 Å². The molecular weight excluding hydrogens is 204 g/mol. The van der Waals surface area contributed by atoms with E-state index in [0.29, 0.717) is 11.3 Å². The van der Waals surface area contributed by atoms with E-state index < -0.39 is 0 Å². The van der Waals surface area contributed by atoms with E-state index in [2.05, 4.69) is 44.1 Å². The van der Waals surface area contributed by atoms with E-state index in [9.17, 15) is 0 Å². The van der Waals surface area contributed by atoms with Gasteiger partial charge in [0.25, 0.3) is 0 Å². The summed E-state index contributed by atoms with van der Waals surface area (Å²) in [6.07, 6.45) is 1.86. The molecule has 0 unspecified atom stereocenters. The fourth-order valence-electron chi connectivity index (χ4n) is 1.20. The fourth-order valence-corrected chi connectivity index (χ4v) is 2.06. The van der Waals surface area contributed by atoms with E-state index in [1.54, 1.807) is 0 Å². The van der Waals surface area contributed by atoms with Crippen molar-refractivity contribution in [1.82, 2.24) is 10.3 Å². The number of rotatable bonds is 5. The Morgan fingerprint density at radius 3 is 2.67 bits per heavy atom. The van der Waals surface area contributed by atoms with Crippen LogP contribution in [-0.2, 0) is 6.54 Å². The summed E-state index contributed by atoms with van der Waals surface area (Å²) in [5.41, 5.74) is 1.30. The minimum Gasteiger partial charge on any atom is -0.310 e. The van der Waals surface area contributed by atoms with E-state index in [4.69, 9.17) is 0 Å². The van der Waals surface area contributed by atoms with Crippen LogP contribution in [0.25, 0.3) is 0 Å². The number of thioether (sulfide) groups is 1. The van der Waals surface area contributed by atoms with Crippen molar-refractivity contribution in [2.75, 3.05) is 0 Å². The lowest BCUT2D eigenvalue weighted by atomic mass is 10.2. The van der Waals surface area contributed by atoms with E-state index in [-0.39, 0.29) is 0 Å². The first-order valence-corrected chi connectivity index (χ1v) is 6.31. The van der Waals surface area contributed by atoms with E-state index >= 15 is 0 Å². The maximum Gasteiger partial charge on any atom is 0.101 e. The predicted molar refractivity (Wildman–Crippen MR) is 67.2 cm³/mol. The van der Waals surface area contributed by atoms with Crippen LogP contribution in [0.5, 0.6) is 0 Å². The van der Waals surface area contributed by atoms with Gasteiger partial charge in [0.15, 0.2) is 0 Å². The second-order valence-corrected chi connectivity index (χ2v) is 5.74. The van der Waals surface area contributed by atoms with Crippen molar-refractivity contribution < 1.29 is 0 Å². The topological polar surface area (TPSA) is 24.9 Å². The molecule has 0 saturated heterocycles. The van der Waals surface area contributed by atoms with E-state index in [1.165, 1.54) is 5.56 Å². The molecule has 1 N–H and O–H groups in total. The molecule has 0 radical (unpaired) electrons. The highest BCUT2D eigenvalue weighted by atomic mass is 32.2. The molecule has 1 aromatic heterocycles. The Kier molecular flexibility index (Phi) is 5.12. The average Bonchev–Trinajstić information content (AvgIpc) is 2.15. The van der Waals surface area contributed by atoms with Crippen LogP contribution in [0.4, 0.5) is 0 Å². The summed E-state index contributed by atoms with van der Waals surface area (Å²) >= 11 is 1.83. The number of pyridine rings is 1. The summed E-state index contributed by atoms with van der Waals surface area (Å²) in [7, 11) is 0. The van der Waals surface area contributed by atoms with Crippen LogP contribution in [0.2, 0.25) is 0 Å². The molecule has 84 valence electrons. The van der Waals surface area contributed by atoms with Gasteiger partial charge < -0.3 is 5.32 Å². The Morgan fingerprint density at radius 1 is 1.33 bits per heavy atom. The molecule has 0 atom stereocenters. The molecule has 15 heavy (non-hydrogen) atoms. The molecular formula is C12H20N2S. The lowest BCUT2D eigenvalue weighted by Gasteiger charge is -2.12. The quantitative estimate of drug-likeness (QED) is 0.778. The fraction of sp³-hybridized carbons (Fsp3) is 0.583. The first-order valence-electron chi connectivity index (χ1n) is 5.43. The van der Waals surface area contributed by atoms with Gasteiger partial charge in [-0.05, 0) is 11.6 Å². The zero-order chi connectivity index (χ0) is 11.3. The molecule has 0 spiro atoms. The Bertz CT molecular complexity index is 297. The number of nitrogens with one attached hydrogen (secondary N) is 1. The highest BCUT2D eigenvalue weighted by Gasteiger charge is 2.06. The van der Waals surface area contributed by atoms with Gasteiger partial charge in [0.1, 0.15) is 5.03 Å². The zero-order valence-corrected chi connectivity index (χ0v) is 10.8. The van der Waals surface area contributed by atoms with Crippen molar-refractivity contribution in [2.24, 2.45) is 0 Å². The summed E-state index contributed by atoms with van der Waals surface area (Å²) in [5, 5.41) is 5.16. The standard InChI is InChI=1S/C12H20N2S/c1-9(2)14-8-11-6-5-7-13-12(11)15-10(3)4/h5-7,9-10,14H,8H2,1-4H3. The van der Waals surface area contributed by atoms with Crippen LogP contribution in [-0.4, -0.2) is 16.3 Å². The monoisotopic (exact) mass is 224 g/mol. The number of hydrogen-bond acceptors (Lipinski definition) is 3. The summed E-state index contributed by atoms with van der Waals surface area (Å²) in [6, 6.07) is 4.66. The summed E-state index contributed by atoms with van der Waals surface area (Å²) in [5.74, 6) is 0. The van der Waals surface area contributed by atoms with Crippen molar-refractivity contribution in [3.05, 3.63) is 23.9 Å². The molecule has 0 aliphatic carbocycles. The first-order chi connectivity index (χ1) is 7.09. The van der Waals surface area contributed by atoms with Crippen molar-refractivity contribution in [2.45, 2.75) is 50.6 Å². The van der Waals surface area contributed by atoms with Crippen molar-refractivity contribution in [1.29, 1.82) is 0 Å². The average molecular weight is 224 g/mol. The van der Waals surface area contributed by atoms with E-state index in [1.807, 2.05) is 24.0 Å². The maximum atomic E-state index is 4.42. The minimum atomic E-state index is 0.516. The molecule has 1 rings (SSSR count). The number of aromatic nitrogens is 1. The molecule has 0 aliphatic rings. The molecule has 0 bridgehead atoms. The molecule has 0 aromatic carbocycles. The van der Waals surface area contributed by atoms with Gasteiger partial charge in [-0.3, -0.25) is 0 Å². The van der Waals surface area contributed by atoms with Gasteiger partial charge in [0, 0.05) is 24.0 Å². The predicted octanol–water partition coefficient (Wildman–Crippen LogP) is 3.08. The molecule has 1 heterocycles. The summed E-state index contributed by atoms with van der Waals surface area (Å²) < 4.78 is 0. The molecule has 3 heteroatoms. The smallest absolute Gasteiger partial charge is 0.101 e. The second-order valence-electron chi connectivity index (χ2n) is 4.17. The minimum absolute atomic E-state index is 0.516. The second kappa shape index (κ2) is 6.13. The highest BCUT2D eigenvalue weighted by Crippen LogP contribution is 2.23. The Labute approximate surface area is 96.9 Å². The van der Waals surface area contributed by atoms with Gasteiger partial charge >= 0.3 is 0 Å². The Hall–Kier alpha value is -0.540.